The number of ketones is 1. The molecule has 1 aliphatic heterocycles. The van der Waals surface area contributed by atoms with Crippen LogP contribution in [0.4, 0.5) is 8.78 Å². The number of ether oxygens (including phenoxy) is 1. The van der Waals surface area contributed by atoms with Gasteiger partial charge in [0.1, 0.15) is 22.6 Å². The molecule has 0 N–H and O–H groups in total. The van der Waals surface area contributed by atoms with E-state index in [9.17, 15) is 26.8 Å². The highest BCUT2D eigenvalue weighted by molar-refractivity contribution is 7.89. The lowest BCUT2D eigenvalue weighted by Crippen LogP contribution is -2.42. The average Bonchev–Trinajstić information content (AvgIpc) is 3.17. The van der Waals surface area contributed by atoms with E-state index in [1.165, 1.54) is 30.3 Å². The van der Waals surface area contributed by atoms with E-state index in [0.717, 1.165) is 22.5 Å². The summed E-state index contributed by atoms with van der Waals surface area (Å²) in [4.78, 5) is 23.9. The Bertz CT molecular complexity index is 1010. The summed E-state index contributed by atoms with van der Waals surface area (Å²) in [7, 11) is -4.24. The van der Waals surface area contributed by atoms with Crippen molar-refractivity contribution in [3.8, 4) is 0 Å². The van der Waals surface area contributed by atoms with Gasteiger partial charge in [0.15, 0.2) is 12.4 Å². The highest BCUT2D eigenvalue weighted by atomic mass is 32.2. The molecule has 1 fully saturated rings. The number of benzene rings is 2. The number of carbonyl (C=O) groups excluding carboxylic acids is 2. The van der Waals surface area contributed by atoms with Crippen LogP contribution in [0.1, 0.15) is 23.2 Å². The van der Waals surface area contributed by atoms with Gasteiger partial charge in [-0.2, -0.15) is 4.31 Å². The number of esters is 1. The fourth-order valence-electron chi connectivity index (χ4n) is 3.02. The first-order chi connectivity index (χ1) is 13.3. The van der Waals surface area contributed by atoms with Gasteiger partial charge in [-0.15, -0.1) is 0 Å². The van der Waals surface area contributed by atoms with E-state index in [0.29, 0.717) is 6.42 Å². The van der Waals surface area contributed by atoms with Gasteiger partial charge >= 0.3 is 5.97 Å². The fourth-order valence-corrected chi connectivity index (χ4v) is 4.74. The third kappa shape index (κ3) is 4.10. The van der Waals surface area contributed by atoms with E-state index < -0.39 is 51.0 Å². The summed E-state index contributed by atoms with van der Waals surface area (Å²) in [6.07, 6.45) is 0.589. The average molecular weight is 409 g/mol. The van der Waals surface area contributed by atoms with Crippen molar-refractivity contribution in [2.24, 2.45) is 0 Å². The lowest BCUT2D eigenvalue weighted by Gasteiger charge is -2.22. The lowest BCUT2D eigenvalue weighted by atomic mass is 10.1. The predicted octanol–water partition coefficient (Wildman–Crippen LogP) is 2.54. The Morgan fingerprint density at radius 3 is 2.57 bits per heavy atom. The van der Waals surface area contributed by atoms with E-state index in [1.807, 2.05) is 0 Å². The Hall–Kier alpha value is -2.65. The van der Waals surface area contributed by atoms with Crippen molar-refractivity contribution in [3.63, 3.8) is 0 Å². The number of rotatable bonds is 6. The van der Waals surface area contributed by atoms with Gasteiger partial charge in [0.05, 0.1) is 0 Å². The monoisotopic (exact) mass is 409 g/mol. The van der Waals surface area contributed by atoms with Gasteiger partial charge in [-0.1, -0.05) is 24.3 Å². The molecule has 2 aromatic rings. The number of hydrogen-bond acceptors (Lipinski definition) is 5. The summed E-state index contributed by atoms with van der Waals surface area (Å²) in [5.41, 5.74) is 0.0371. The molecule has 0 aromatic heterocycles. The predicted molar refractivity (Wildman–Crippen MR) is 95.0 cm³/mol. The third-order valence-corrected chi connectivity index (χ3v) is 6.33. The second-order valence-electron chi connectivity index (χ2n) is 6.25. The zero-order valence-corrected chi connectivity index (χ0v) is 15.5. The van der Waals surface area contributed by atoms with Gasteiger partial charge < -0.3 is 4.74 Å². The van der Waals surface area contributed by atoms with Gasteiger partial charge in [-0.25, -0.2) is 17.2 Å². The molecule has 6 nitrogen and oxygen atoms in total. The van der Waals surface area contributed by atoms with Gasteiger partial charge in [-0.05, 0) is 37.1 Å². The number of nitrogens with zero attached hydrogens (tertiary/aromatic N) is 1. The van der Waals surface area contributed by atoms with Gasteiger partial charge in [0.25, 0.3) is 0 Å². The van der Waals surface area contributed by atoms with Crippen LogP contribution in [0.5, 0.6) is 0 Å². The summed E-state index contributed by atoms with van der Waals surface area (Å²) in [6.45, 7) is -0.610. The molecule has 148 valence electrons. The second-order valence-corrected chi connectivity index (χ2v) is 8.10. The van der Waals surface area contributed by atoms with Crippen LogP contribution in [0.15, 0.2) is 53.4 Å². The lowest BCUT2D eigenvalue weighted by molar-refractivity contribution is -0.146. The molecular formula is C19H17F2NO5S. The normalized spacial score (nSPS) is 17.4. The molecule has 0 radical (unpaired) electrons. The molecule has 2 aromatic carbocycles. The molecule has 9 heteroatoms. The third-order valence-electron chi connectivity index (χ3n) is 4.39. The maximum absolute atomic E-state index is 13.9. The molecule has 0 saturated carbocycles. The van der Waals surface area contributed by atoms with Gasteiger partial charge in [-0.3, -0.25) is 9.59 Å². The minimum Gasteiger partial charge on any atom is -0.456 e. The van der Waals surface area contributed by atoms with Crippen LogP contribution in [0, 0.1) is 11.6 Å². The van der Waals surface area contributed by atoms with E-state index in [2.05, 4.69) is 0 Å². The minimum atomic E-state index is -4.24. The SMILES string of the molecule is O=C(COC(=O)[C@@H]1CCCN1S(=O)(=O)c1ccccc1F)c1cccc(F)c1. The van der Waals surface area contributed by atoms with Crippen LogP contribution in [-0.2, 0) is 19.6 Å². The number of carbonyl (C=O) groups is 2. The maximum Gasteiger partial charge on any atom is 0.324 e. The smallest absolute Gasteiger partial charge is 0.324 e. The highest BCUT2D eigenvalue weighted by Crippen LogP contribution is 2.28. The van der Waals surface area contributed by atoms with Crippen molar-refractivity contribution in [2.75, 3.05) is 13.2 Å². The van der Waals surface area contributed by atoms with E-state index in [1.54, 1.807) is 0 Å². The fraction of sp³-hybridized carbons (Fsp3) is 0.263. The zero-order chi connectivity index (χ0) is 20.3. The van der Waals surface area contributed by atoms with E-state index in [-0.39, 0.29) is 18.5 Å². The summed E-state index contributed by atoms with van der Waals surface area (Å²) >= 11 is 0. The Morgan fingerprint density at radius 2 is 1.86 bits per heavy atom. The van der Waals surface area contributed by atoms with Crippen molar-refractivity contribution in [1.82, 2.24) is 4.31 Å². The molecule has 1 saturated heterocycles. The Morgan fingerprint density at radius 1 is 1.11 bits per heavy atom. The molecule has 1 aliphatic rings. The number of hydrogen-bond donors (Lipinski definition) is 0. The molecule has 3 rings (SSSR count). The summed E-state index contributed by atoms with van der Waals surface area (Å²) in [5.74, 6) is -3.03. The van der Waals surface area contributed by atoms with Crippen LogP contribution >= 0.6 is 0 Å². The van der Waals surface area contributed by atoms with E-state index >= 15 is 0 Å². The standard InChI is InChI=1S/C19H17F2NO5S/c20-14-6-3-5-13(11-14)17(23)12-27-19(24)16-8-4-10-22(16)28(25,26)18-9-2-1-7-15(18)21/h1-3,5-7,9,11,16H,4,8,10,12H2/t16-/m0/s1. The Labute approximate surface area is 160 Å². The second kappa shape index (κ2) is 8.15. The largest absolute Gasteiger partial charge is 0.456 e. The molecule has 1 atom stereocenters. The molecule has 28 heavy (non-hydrogen) atoms. The van der Waals surface area contributed by atoms with Crippen molar-refractivity contribution >= 4 is 21.8 Å². The molecule has 0 spiro atoms. The van der Waals surface area contributed by atoms with E-state index in [4.69, 9.17) is 4.74 Å². The quantitative estimate of drug-likeness (QED) is 0.541. The van der Waals surface area contributed by atoms with Crippen molar-refractivity contribution in [3.05, 3.63) is 65.7 Å². The Kier molecular flexibility index (Phi) is 5.85. The van der Waals surface area contributed by atoms with Crippen LogP contribution in [0.2, 0.25) is 0 Å². The van der Waals surface area contributed by atoms with Crippen LogP contribution in [0.3, 0.4) is 0 Å². The molecule has 0 unspecified atom stereocenters. The zero-order valence-electron chi connectivity index (χ0n) is 14.7. The van der Waals surface area contributed by atoms with Crippen molar-refractivity contribution in [2.45, 2.75) is 23.8 Å². The first-order valence-electron chi connectivity index (χ1n) is 8.52. The molecule has 0 aliphatic carbocycles. The number of Topliss-reactive ketones (excluding diaryl/α,β-unsaturated/α-hetero) is 1. The van der Waals surface area contributed by atoms with Crippen molar-refractivity contribution in [1.29, 1.82) is 0 Å². The number of sulfonamides is 1. The molecule has 0 amide bonds. The molecular weight excluding hydrogens is 392 g/mol. The topological polar surface area (TPSA) is 80.8 Å². The van der Waals surface area contributed by atoms with Gasteiger partial charge in [0.2, 0.25) is 10.0 Å². The maximum atomic E-state index is 13.9. The number of halogens is 2. The summed E-state index contributed by atoms with van der Waals surface area (Å²) < 4.78 is 58.5. The molecule has 1 heterocycles. The first kappa shape index (κ1) is 20.1. The van der Waals surface area contributed by atoms with Crippen LogP contribution < -0.4 is 0 Å². The molecule has 0 bridgehead atoms. The first-order valence-corrected chi connectivity index (χ1v) is 9.96. The minimum absolute atomic E-state index is 0.0360. The summed E-state index contributed by atoms with van der Waals surface area (Å²) in [5, 5.41) is 0. The van der Waals surface area contributed by atoms with Crippen LogP contribution in [0.25, 0.3) is 0 Å². The Balaban J connectivity index is 1.71. The van der Waals surface area contributed by atoms with Gasteiger partial charge in [0, 0.05) is 12.1 Å². The van der Waals surface area contributed by atoms with Crippen LogP contribution in [-0.4, -0.2) is 43.7 Å². The summed E-state index contributed by atoms with van der Waals surface area (Å²) in [6, 6.07) is 8.66. The van der Waals surface area contributed by atoms with Crippen molar-refractivity contribution < 1.29 is 31.5 Å². The highest BCUT2D eigenvalue weighted by Gasteiger charge is 2.41.